The number of aromatic nitrogens is 4. The van der Waals surface area contributed by atoms with Crippen molar-refractivity contribution in [1.29, 1.82) is 0 Å². The van der Waals surface area contributed by atoms with Crippen LogP contribution in [0.2, 0.25) is 0 Å². The van der Waals surface area contributed by atoms with Gasteiger partial charge in [-0.3, -0.25) is 9.69 Å². The van der Waals surface area contributed by atoms with Crippen LogP contribution in [0.3, 0.4) is 0 Å². The number of rotatable bonds is 12. The van der Waals surface area contributed by atoms with Gasteiger partial charge in [-0.05, 0) is 53.5 Å². The molecule has 2 aromatic carbocycles. The molecule has 5 heterocycles. The Labute approximate surface area is 333 Å². The monoisotopic (exact) mass is 782 g/mol. The van der Waals surface area contributed by atoms with E-state index >= 15 is 0 Å². The summed E-state index contributed by atoms with van der Waals surface area (Å²) >= 11 is 0. The molecule has 0 bridgehead atoms. The summed E-state index contributed by atoms with van der Waals surface area (Å²) in [6.45, 7) is 10.8. The van der Waals surface area contributed by atoms with E-state index in [1.165, 1.54) is 14.2 Å². The molecule has 0 aliphatic carbocycles. The maximum Gasteiger partial charge on any atom is 0.407 e. The van der Waals surface area contributed by atoms with Crippen molar-refractivity contribution in [3.8, 4) is 33.6 Å². The molecule has 4 atom stereocenters. The molecule has 57 heavy (non-hydrogen) atoms. The highest BCUT2D eigenvalue weighted by molar-refractivity contribution is 5.86. The van der Waals surface area contributed by atoms with Crippen LogP contribution in [-0.2, 0) is 23.7 Å². The van der Waals surface area contributed by atoms with Gasteiger partial charge in [0.2, 0.25) is 5.91 Å². The molecule has 4 N–H and O–H groups in total. The molecule has 2 aromatic heterocycles. The van der Waals surface area contributed by atoms with Crippen LogP contribution in [-0.4, -0.2) is 113 Å². The molecule has 3 saturated heterocycles. The Bertz CT molecular complexity index is 2000. The van der Waals surface area contributed by atoms with Gasteiger partial charge in [-0.2, -0.15) is 0 Å². The van der Waals surface area contributed by atoms with E-state index in [1.807, 2.05) is 20.0 Å². The van der Waals surface area contributed by atoms with Crippen LogP contribution in [0, 0.1) is 11.8 Å². The lowest BCUT2D eigenvalue weighted by atomic mass is 10.0. The molecule has 15 nitrogen and oxygen atoms in total. The van der Waals surface area contributed by atoms with E-state index in [-0.39, 0.29) is 36.4 Å². The molecule has 3 amide bonds. The molecule has 4 aromatic rings. The molecule has 7 rings (SSSR count). The van der Waals surface area contributed by atoms with E-state index in [0.29, 0.717) is 25.5 Å². The molecule has 1 spiro atoms. The summed E-state index contributed by atoms with van der Waals surface area (Å²) in [4.78, 5) is 58.7. The number of carbonyl (C=O) groups excluding carboxylic acids is 3. The van der Waals surface area contributed by atoms with Crippen molar-refractivity contribution >= 4 is 18.1 Å². The Kier molecular flexibility index (Phi) is 12.0. The summed E-state index contributed by atoms with van der Waals surface area (Å²) in [5, 5.41) is 5.69. The fourth-order valence-corrected chi connectivity index (χ4v) is 8.13. The van der Waals surface area contributed by atoms with Gasteiger partial charge in [0.05, 0.1) is 69.8 Å². The van der Waals surface area contributed by atoms with Crippen molar-refractivity contribution in [2.45, 2.75) is 76.9 Å². The summed E-state index contributed by atoms with van der Waals surface area (Å²) in [5.41, 5.74) is 5.92. The molecule has 0 saturated carbocycles. The topological polar surface area (TPSA) is 176 Å². The Morgan fingerprint density at radius 3 is 1.84 bits per heavy atom. The number of alkyl carbamates (subject to hydrolysis) is 2. The van der Waals surface area contributed by atoms with Gasteiger partial charge >= 0.3 is 12.2 Å². The van der Waals surface area contributed by atoms with E-state index in [2.05, 4.69) is 87.9 Å². The molecular formula is C42H54N8O7. The number of H-pyrrole nitrogens is 2. The number of aromatic amines is 2. The second-order valence-corrected chi connectivity index (χ2v) is 15.8. The zero-order valence-electron chi connectivity index (χ0n) is 33.5. The van der Waals surface area contributed by atoms with E-state index in [4.69, 9.17) is 28.9 Å². The predicted octanol–water partition coefficient (Wildman–Crippen LogP) is 6.05. The van der Waals surface area contributed by atoms with E-state index in [9.17, 15) is 14.4 Å². The first-order valence-electron chi connectivity index (χ1n) is 19.8. The van der Waals surface area contributed by atoms with Crippen LogP contribution in [0.5, 0.6) is 0 Å². The summed E-state index contributed by atoms with van der Waals surface area (Å²) in [6, 6.07) is 15.6. The van der Waals surface area contributed by atoms with Crippen LogP contribution in [0.25, 0.3) is 33.6 Å². The van der Waals surface area contributed by atoms with Crippen LogP contribution in [0.15, 0.2) is 60.9 Å². The van der Waals surface area contributed by atoms with Gasteiger partial charge in [0.15, 0.2) is 5.79 Å². The van der Waals surface area contributed by atoms with E-state index in [1.54, 1.807) is 11.1 Å². The zero-order chi connectivity index (χ0) is 40.3. The number of imidazole rings is 2. The fraction of sp³-hybridized carbons (Fsp3) is 0.500. The lowest BCUT2D eigenvalue weighted by Gasteiger charge is -2.30. The van der Waals surface area contributed by atoms with Crippen molar-refractivity contribution in [1.82, 2.24) is 40.4 Å². The molecule has 0 radical (unpaired) electrons. The SMILES string of the molecule is COC(=O)NC(CN1CCCC1c1ncc(-c2ccc(-c3ccc(-c4cnc(C5CC6(CN5C(=O)C(NC(=O)OC)C(C)C)OCCO6)[nH]4)cc3)cc2)[nH]1)C(C)C. The highest BCUT2D eigenvalue weighted by Crippen LogP contribution is 2.43. The number of nitrogens with zero attached hydrogens (tertiary/aromatic N) is 4. The normalized spacial score (nSPS) is 20.3. The smallest absolute Gasteiger partial charge is 0.407 e. The van der Waals surface area contributed by atoms with Gasteiger partial charge in [0.1, 0.15) is 17.7 Å². The summed E-state index contributed by atoms with van der Waals surface area (Å²) in [7, 11) is 2.67. The molecule has 15 heteroatoms. The molecular weight excluding hydrogens is 729 g/mol. The Morgan fingerprint density at radius 2 is 1.32 bits per heavy atom. The third kappa shape index (κ3) is 8.70. The number of carbonyl (C=O) groups is 3. The van der Waals surface area contributed by atoms with Crippen molar-refractivity contribution in [3.63, 3.8) is 0 Å². The number of benzene rings is 2. The summed E-state index contributed by atoms with van der Waals surface area (Å²) in [5.74, 6) is 0.466. The van der Waals surface area contributed by atoms with Crippen molar-refractivity contribution in [2.75, 3.05) is 47.1 Å². The minimum absolute atomic E-state index is 0.0247. The Hall–Kier alpha value is -5.25. The fourth-order valence-electron chi connectivity index (χ4n) is 8.13. The number of nitrogens with one attached hydrogen (secondary N) is 4. The lowest BCUT2D eigenvalue weighted by Crippen LogP contribution is -2.52. The van der Waals surface area contributed by atoms with Crippen LogP contribution < -0.4 is 10.6 Å². The largest absolute Gasteiger partial charge is 0.453 e. The van der Waals surface area contributed by atoms with Crippen molar-refractivity contribution in [3.05, 3.63) is 72.6 Å². The Morgan fingerprint density at radius 1 is 0.789 bits per heavy atom. The van der Waals surface area contributed by atoms with Crippen molar-refractivity contribution < 1.29 is 33.3 Å². The Balaban J connectivity index is 1.02. The first-order valence-corrected chi connectivity index (χ1v) is 19.8. The van der Waals surface area contributed by atoms with Gasteiger partial charge in [-0.1, -0.05) is 76.2 Å². The third-order valence-corrected chi connectivity index (χ3v) is 11.4. The van der Waals surface area contributed by atoms with Crippen molar-refractivity contribution in [2.24, 2.45) is 11.8 Å². The first-order chi connectivity index (χ1) is 27.5. The molecule has 3 fully saturated rings. The standard InChI is InChI=1S/C42H54N8O7/c1-25(2)33(47-40(52)54-5)23-49-17-7-8-34(49)37-43-21-31(45-37)29-13-9-27(10-14-29)28-11-15-30(16-12-28)32-22-44-38(46-32)35-20-42(56-18-19-57-42)24-50(35)39(51)36(26(3)4)48-41(53)55-6/h9-16,21-22,25-26,33-36H,7-8,17-20,23-24H2,1-6H3,(H,43,45)(H,44,46)(H,47,52)(H,48,53). The molecule has 304 valence electrons. The number of amides is 3. The summed E-state index contributed by atoms with van der Waals surface area (Å²) < 4.78 is 21.7. The van der Waals surface area contributed by atoms with Gasteiger partial charge in [-0.25, -0.2) is 19.6 Å². The molecule has 3 aliphatic rings. The minimum atomic E-state index is -0.920. The number of hydrogen-bond acceptors (Lipinski definition) is 10. The van der Waals surface area contributed by atoms with Crippen LogP contribution >= 0.6 is 0 Å². The highest BCUT2D eigenvalue weighted by Gasteiger charge is 2.52. The zero-order valence-corrected chi connectivity index (χ0v) is 33.5. The predicted molar refractivity (Wildman–Crippen MR) is 213 cm³/mol. The highest BCUT2D eigenvalue weighted by atomic mass is 16.7. The number of hydrogen-bond donors (Lipinski definition) is 4. The molecule has 3 aliphatic heterocycles. The third-order valence-electron chi connectivity index (χ3n) is 11.4. The minimum Gasteiger partial charge on any atom is -0.453 e. The van der Waals surface area contributed by atoms with Gasteiger partial charge in [0.25, 0.3) is 0 Å². The maximum atomic E-state index is 13.9. The average Bonchev–Trinajstić information content (AvgIpc) is 4.08. The quantitative estimate of drug-likeness (QED) is 0.132. The van der Waals surface area contributed by atoms with Crippen LogP contribution in [0.4, 0.5) is 9.59 Å². The number of likely N-dealkylation sites (tertiary alicyclic amines) is 2. The van der Waals surface area contributed by atoms with E-state index < -0.39 is 30.1 Å². The van der Waals surface area contributed by atoms with Gasteiger partial charge in [0, 0.05) is 19.0 Å². The number of methoxy groups -OCH3 is 2. The lowest BCUT2D eigenvalue weighted by molar-refractivity contribution is -0.153. The number of ether oxygens (including phenoxy) is 4. The van der Waals surface area contributed by atoms with Gasteiger partial charge < -0.3 is 44.4 Å². The second kappa shape index (κ2) is 17.1. The van der Waals surface area contributed by atoms with Crippen LogP contribution in [0.1, 0.15) is 70.7 Å². The second-order valence-electron chi connectivity index (χ2n) is 15.8. The van der Waals surface area contributed by atoms with E-state index in [0.717, 1.165) is 65.4 Å². The first kappa shape index (κ1) is 40.0. The molecule has 4 unspecified atom stereocenters. The summed E-state index contributed by atoms with van der Waals surface area (Å²) in [6.07, 6.45) is 5.10. The van der Waals surface area contributed by atoms with Gasteiger partial charge in [-0.15, -0.1) is 0 Å². The maximum absolute atomic E-state index is 13.9. The average molecular weight is 783 g/mol.